The van der Waals surface area contributed by atoms with Gasteiger partial charge in [-0.05, 0) is 25.0 Å². The Labute approximate surface area is 107 Å². The van der Waals surface area contributed by atoms with Gasteiger partial charge in [0.1, 0.15) is 5.69 Å². The summed E-state index contributed by atoms with van der Waals surface area (Å²) in [6, 6.07) is 3.23. The molecule has 5 nitrogen and oxygen atoms in total. The number of nitrogens with zero attached hydrogens (tertiary/aromatic N) is 1. The molecule has 0 aliphatic carbocycles. The van der Waals surface area contributed by atoms with Gasteiger partial charge in [0.2, 0.25) is 0 Å². The molecule has 5 heteroatoms. The SMILES string of the molecule is CCC(CC)(CO)CNC(=O)c1ccc(N)cn1. The highest BCUT2D eigenvalue weighted by molar-refractivity contribution is 5.92. The standard InChI is InChI=1S/C13H21N3O2/c1-3-13(4-2,9-17)8-16-12(18)11-6-5-10(14)7-15-11/h5-7,17H,3-4,8-9,14H2,1-2H3,(H,16,18). The Hall–Kier alpha value is -1.62. The van der Waals surface area contributed by atoms with E-state index in [1.807, 2.05) is 13.8 Å². The fraction of sp³-hybridized carbons (Fsp3) is 0.538. The molecule has 100 valence electrons. The van der Waals surface area contributed by atoms with Crippen LogP contribution in [0.15, 0.2) is 18.3 Å². The third-order valence-corrected chi connectivity index (χ3v) is 3.48. The molecule has 1 aromatic heterocycles. The lowest BCUT2D eigenvalue weighted by Gasteiger charge is -2.29. The lowest BCUT2D eigenvalue weighted by atomic mass is 9.83. The van der Waals surface area contributed by atoms with Gasteiger partial charge in [-0.1, -0.05) is 13.8 Å². The zero-order valence-electron chi connectivity index (χ0n) is 10.9. The minimum absolute atomic E-state index is 0.0649. The smallest absolute Gasteiger partial charge is 0.269 e. The molecule has 0 bridgehead atoms. The lowest BCUT2D eigenvalue weighted by Crippen LogP contribution is -2.39. The van der Waals surface area contributed by atoms with Crippen molar-refractivity contribution >= 4 is 11.6 Å². The van der Waals surface area contributed by atoms with E-state index in [1.165, 1.54) is 6.20 Å². The fourth-order valence-corrected chi connectivity index (χ4v) is 1.68. The number of aromatic nitrogens is 1. The Balaban J connectivity index is 2.63. The number of aliphatic hydroxyl groups is 1. The second-order valence-electron chi connectivity index (χ2n) is 4.52. The molecule has 1 rings (SSSR count). The van der Waals surface area contributed by atoms with E-state index in [0.29, 0.717) is 17.9 Å². The molecule has 0 radical (unpaired) electrons. The van der Waals surface area contributed by atoms with Crippen LogP contribution in [0.2, 0.25) is 0 Å². The van der Waals surface area contributed by atoms with E-state index in [-0.39, 0.29) is 17.9 Å². The number of carbonyl (C=O) groups is 1. The number of pyridine rings is 1. The summed E-state index contributed by atoms with van der Waals surface area (Å²) in [4.78, 5) is 15.8. The highest BCUT2D eigenvalue weighted by Crippen LogP contribution is 2.24. The maximum Gasteiger partial charge on any atom is 0.269 e. The summed E-state index contributed by atoms with van der Waals surface area (Å²) in [5.74, 6) is -0.241. The van der Waals surface area contributed by atoms with E-state index < -0.39 is 0 Å². The molecule has 0 saturated carbocycles. The topological polar surface area (TPSA) is 88.2 Å². The van der Waals surface area contributed by atoms with E-state index >= 15 is 0 Å². The third-order valence-electron chi connectivity index (χ3n) is 3.48. The number of hydrogen-bond acceptors (Lipinski definition) is 4. The van der Waals surface area contributed by atoms with Crippen LogP contribution in [-0.4, -0.2) is 29.1 Å². The summed E-state index contributed by atoms with van der Waals surface area (Å²) < 4.78 is 0. The molecule has 1 amide bonds. The minimum Gasteiger partial charge on any atom is -0.397 e. The number of anilines is 1. The van der Waals surface area contributed by atoms with E-state index in [9.17, 15) is 9.90 Å². The molecule has 0 atom stereocenters. The summed E-state index contributed by atoms with van der Waals surface area (Å²) in [7, 11) is 0. The first kappa shape index (κ1) is 14.4. The average molecular weight is 251 g/mol. The zero-order valence-corrected chi connectivity index (χ0v) is 10.9. The Morgan fingerprint density at radius 2 is 2.11 bits per heavy atom. The number of amides is 1. The molecule has 0 aliphatic heterocycles. The van der Waals surface area contributed by atoms with Gasteiger partial charge in [-0.15, -0.1) is 0 Å². The van der Waals surface area contributed by atoms with Crippen molar-refractivity contribution in [3.8, 4) is 0 Å². The average Bonchev–Trinajstić information content (AvgIpc) is 2.41. The highest BCUT2D eigenvalue weighted by atomic mass is 16.3. The van der Waals surface area contributed by atoms with Crippen LogP contribution in [0.4, 0.5) is 5.69 Å². The Morgan fingerprint density at radius 1 is 1.44 bits per heavy atom. The molecule has 1 aromatic rings. The van der Waals surface area contributed by atoms with Crippen LogP contribution < -0.4 is 11.1 Å². The van der Waals surface area contributed by atoms with E-state index in [2.05, 4.69) is 10.3 Å². The van der Waals surface area contributed by atoms with Crippen LogP contribution in [0.3, 0.4) is 0 Å². The Morgan fingerprint density at radius 3 is 2.56 bits per heavy atom. The fourth-order valence-electron chi connectivity index (χ4n) is 1.68. The number of nitrogens with one attached hydrogen (secondary N) is 1. The molecule has 0 spiro atoms. The number of rotatable bonds is 6. The van der Waals surface area contributed by atoms with Crippen molar-refractivity contribution in [1.29, 1.82) is 0 Å². The molecule has 1 heterocycles. The second kappa shape index (κ2) is 6.35. The quantitative estimate of drug-likeness (QED) is 0.708. The Bertz CT molecular complexity index is 377. The monoisotopic (exact) mass is 251 g/mol. The van der Waals surface area contributed by atoms with Gasteiger partial charge in [0, 0.05) is 12.0 Å². The van der Waals surface area contributed by atoms with Gasteiger partial charge < -0.3 is 16.2 Å². The Kier molecular flexibility index (Phi) is 5.09. The van der Waals surface area contributed by atoms with Crippen molar-refractivity contribution in [3.05, 3.63) is 24.0 Å². The van der Waals surface area contributed by atoms with Gasteiger partial charge in [0.25, 0.3) is 5.91 Å². The first-order chi connectivity index (χ1) is 8.56. The predicted octanol–water partition coefficient (Wildman–Crippen LogP) is 1.19. The number of nitrogens with two attached hydrogens (primary N) is 1. The van der Waals surface area contributed by atoms with Crippen molar-refractivity contribution < 1.29 is 9.90 Å². The molecule has 0 aliphatic rings. The first-order valence-electron chi connectivity index (χ1n) is 6.17. The number of aliphatic hydroxyl groups excluding tert-OH is 1. The van der Waals surface area contributed by atoms with Crippen molar-refractivity contribution in [3.63, 3.8) is 0 Å². The van der Waals surface area contributed by atoms with Gasteiger partial charge >= 0.3 is 0 Å². The molecule has 18 heavy (non-hydrogen) atoms. The van der Waals surface area contributed by atoms with Gasteiger partial charge in [-0.25, -0.2) is 4.98 Å². The summed E-state index contributed by atoms with van der Waals surface area (Å²) in [6.45, 7) is 4.53. The normalized spacial score (nSPS) is 11.3. The van der Waals surface area contributed by atoms with E-state index in [1.54, 1.807) is 12.1 Å². The largest absolute Gasteiger partial charge is 0.397 e. The summed E-state index contributed by atoms with van der Waals surface area (Å²) in [6.07, 6.45) is 3.08. The zero-order chi connectivity index (χ0) is 13.6. The highest BCUT2D eigenvalue weighted by Gasteiger charge is 2.26. The molecule has 4 N–H and O–H groups in total. The van der Waals surface area contributed by atoms with Crippen LogP contribution in [0.1, 0.15) is 37.2 Å². The second-order valence-corrected chi connectivity index (χ2v) is 4.52. The third kappa shape index (κ3) is 3.43. The van der Waals surface area contributed by atoms with Crippen LogP contribution in [0.25, 0.3) is 0 Å². The maximum atomic E-state index is 11.9. The van der Waals surface area contributed by atoms with Crippen molar-refractivity contribution in [2.45, 2.75) is 26.7 Å². The molecular formula is C13H21N3O2. The predicted molar refractivity (Wildman–Crippen MR) is 71.1 cm³/mol. The molecule has 0 fully saturated rings. The van der Waals surface area contributed by atoms with Gasteiger partial charge in [-0.3, -0.25) is 4.79 Å². The van der Waals surface area contributed by atoms with Gasteiger partial charge in [0.05, 0.1) is 18.5 Å². The van der Waals surface area contributed by atoms with Crippen LogP contribution in [0.5, 0.6) is 0 Å². The number of nitrogen functional groups attached to an aromatic ring is 1. The van der Waals surface area contributed by atoms with Gasteiger partial charge in [-0.2, -0.15) is 0 Å². The number of hydrogen-bond donors (Lipinski definition) is 3. The maximum absolute atomic E-state index is 11.9. The lowest BCUT2D eigenvalue weighted by molar-refractivity contribution is 0.0847. The van der Waals surface area contributed by atoms with Crippen molar-refractivity contribution in [2.24, 2.45) is 5.41 Å². The summed E-state index contributed by atoms with van der Waals surface area (Å²) >= 11 is 0. The van der Waals surface area contributed by atoms with Crippen LogP contribution >= 0.6 is 0 Å². The van der Waals surface area contributed by atoms with Crippen LogP contribution in [0, 0.1) is 5.41 Å². The summed E-state index contributed by atoms with van der Waals surface area (Å²) in [5, 5.41) is 12.2. The molecule has 0 unspecified atom stereocenters. The van der Waals surface area contributed by atoms with E-state index in [0.717, 1.165) is 12.8 Å². The number of carbonyl (C=O) groups excluding carboxylic acids is 1. The van der Waals surface area contributed by atoms with E-state index in [4.69, 9.17) is 5.73 Å². The van der Waals surface area contributed by atoms with Crippen LogP contribution in [-0.2, 0) is 0 Å². The van der Waals surface area contributed by atoms with Crippen molar-refractivity contribution in [2.75, 3.05) is 18.9 Å². The first-order valence-corrected chi connectivity index (χ1v) is 6.17. The molecule has 0 saturated heterocycles. The summed E-state index contributed by atoms with van der Waals surface area (Å²) in [5.41, 5.74) is 6.12. The molecule has 0 aromatic carbocycles. The van der Waals surface area contributed by atoms with Gasteiger partial charge in [0.15, 0.2) is 0 Å². The van der Waals surface area contributed by atoms with Crippen molar-refractivity contribution in [1.82, 2.24) is 10.3 Å². The molecular weight excluding hydrogens is 230 g/mol. The minimum atomic E-state index is -0.247.